The van der Waals surface area contributed by atoms with Crippen LogP contribution in [0.4, 0.5) is 0 Å². The fraction of sp³-hybridized carbons (Fsp3) is 0.194. The topological polar surface area (TPSA) is 113 Å². The number of hydrogen-bond acceptors (Lipinski definition) is 4. The minimum Gasteiger partial charge on any atom is -0.366 e. The number of hydrogen-bond donors (Lipinski definition) is 4. The molecule has 0 aromatic heterocycles. The van der Waals surface area contributed by atoms with Crippen molar-refractivity contribution in [1.82, 2.24) is 5.32 Å². The number of allylic oxidation sites excluding steroid dienone is 5. The summed E-state index contributed by atoms with van der Waals surface area (Å²) in [7, 11) is 0. The molecule has 0 fully saturated rings. The first-order chi connectivity index (χ1) is 17.8. The van der Waals surface area contributed by atoms with Gasteiger partial charge in [0, 0.05) is 36.5 Å². The zero-order valence-corrected chi connectivity index (χ0v) is 21.9. The minimum absolute atomic E-state index is 0.0282. The van der Waals surface area contributed by atoms with Gasteiger partial charge in [-0.15, -0.1) is 0 Å². The normalized spacial score (nSPS) is 13.0. The Bertz CT molecular complexity index is 1290. The molecule has 0 saturated carbocycles. The summed E-state index contributed by atoms with van der Waals surface area (Å²) >= 11 is 0. The summed E-state index contributed by atoms with van der Waals surface area (Å²) in [6.45, 7) is 7.79. The van der Waals surface area contributed by atoms with Gasteiger partial charge in [0.25, 0.3) is 0 Å². The molecule has 6 nitrogen and oxygen atoms in total. The van der Waals surface area contributed by atoms with E-state index < -0.39 is 0 Å². The molecule has 2 rings (SSSR count). The molecule has 37 heavy (non-hydrogen) atoms. The number of carbonyl (C=O) groups excluding carboxylic acids is 1. The number of nitrogens with one attached hydrogen (secondary N) is 4. The Labute approximate surface area is 219 Å². The van der Waals surface area contributed by atoms with Crippen molar-refractivity contribution in [3.05, 3.63) is 107 Å². The maximum Gasteiger partial charge on any atom is 0.153 e. The van der Waals surface area contributed by atoms with Gasteiger partial charge in [0.1, 0.15) is 11.6 Å². The lowest BCUT2D eigenvalue weighted by molar-refractivity contribution is -0.116. The smallest absolute Gasteiger partial charge is 0.153 e. The summed E-state index contributed by atoms with van der Waals surface area (Å²) in [4.78, 5) is 16.3. The van der Waals surface area contributed by atoms with Crippen LogP contribution in [0.5, 0.6) is 0 Å². The van der Waals surface area contributed by atoms with E-state index in [9.17, 15) is 4.79 Å². The maximum absolute atomic E-state index is 11.6. The quantitative estimate of drug-likeness (QED) is 0.160. The molecule has 0 aliphatic heterocycles. The number of aliphatic imine (C=N–C) groups is 1. The van der Waals surface area contributed by atoms with Crippen molar-refractivity contribution in [2.24, 2.45) is 4.99 Å². The SMILES string of the molecule is C/C=C(\C=C(/C=N)CC(C)=O)C(=N)/N=C(/NC/C(C)=C/C=C\C=N)c1c(C)cccc1-c1ccccc1. The number of Topliss-reactive ketones (excluding diaryl/α,β-unsaturated/α-hetero) is 1. The van der Waals surface area contributed by atoms with Crippen LogP contribution in [0.1, 0.15) is 38.3 Å². The number of amidine groups is 2. The predicted molar refractivity (Wildman–Crippen MR) is 156 cm³/mol. The van der Waals surface area contributed by atoms with Crippen molar-refractivity contribution < 1.29 is 4.79 Å². The Morgan fingerprint density at radius 1 is 1.03 bits per heavy atom. The van der Waals surface area contributed by atoms with Crippen molar-refractivity contribution in [3.63, 3.8) is 0 Å². The maximum atomic E-state index is 11.6. The first kappa shape index (κ1) is 28.8. The highest BCUT2D eigenvalue weighted by Crippen LogP contribution is 2.27. The molecular formula is C31H35N5O. The number of rotatable bonds is 11. The molecule has 0 saturated heterocycles. The van der Waals surface area contributed by atoms with Crippen molar-refractivity contribution in [2.75, 3.05) is 6.54 Å². The van der Waals surface area contributed by atoms with Crippen molar-refractivity contribution in [1.29, 1.82) is 16.2 Å². The second kappa shape index (κ2) is 14.8. The lowest BCUT2D eigenvalue weighted by Gasteiger charge is -2.18. The third-order valence-corrected chi connectivity index (χ3v) is 5.50. The molecule has 2 aromatic carbocycles. The standard InChI is InChI=1S/C31H35N5O/c1-5-26(19-25(20-33)18-24(4)37)30(34)36-31(35-21-22(2)12-9-10-17-32)29-23(3)13-11-16-28(29)27-14-7-6-8-15-27/h5-17,19-20,32-33H,18,21H2,1-4H3,(H2,34,35,36)/b10-9-,22-12+,25-19-,26-5+,32-17?,33-20?. The van der Waals surface area contributed by atoms with Gasteiger partial charge < -0.3 is 16.1 Å². The monoisotopic (exact) mass is 493 g/mol. The molecule has 0 atom stereocenters. The lowest BCUT2D eigenvalue weighted by Crippen LogP contribution is -2.29. The van der Waals surface area contributed by atoms with Crippen LogP contribution in [0.15, 0.2) is 101 Å². The zero-order chi connectivity index (χ0) is 27.2. The van der Waals surface area contributed by atoms with Crippen LogP contribution in [0.3, 0.4) is 0 Å². The molecule has 0 unspecified atom stereocenters. The fourth-order valence-corrected chi connectivity index (χ4v) is 3.68. The Kier molecular flexibility index (Phi) is 11.5. The van der Waals surface area contributed by atoms with Gasteiger partial charge in [-0.25, -0.2) is 4.99 Å². The number of aryl methyl sites for hydroxylation is 1. The largest absolute Gasteiger partial charge is 0.366 e. The van der Waals surface area contributed by atoms with Crippen LogP contribution in [-0.4, -0.2) is 36.4 Å². The molecule has 0 aliphatic rings. The highest BCUT2D eigenvalue weighted by Gasteiger charge is 2.16. The van der Waals surface area contributed by atoms with Gasteiger partial charge >= 0.3 is 0 Å². The van der Waals surface area contributed by atoms with E-state index in [1.807, 2.05) is 81.5 Å². The second-order valence-electron chi connectivity index (χ2n) is 8.58. The van der Waals surface area contributed by atoms with E-state index in [1.165, 1.54) is 13.1 Å². The Hall–Kier alpha value is -4.45. The molecule has 0 amide bonds. The van der Waals surface area contributed by atoms with Crippen LogP contribution in [-0.2, 0) is 4.79 Å². The average Bonchev–Trinajstić information content (AvgIpc) is 2.89. The van der Waals surface area contributed by atoms with Crippen molar-refractivity contribution in [3.8, 4) is 11.1 Å². The van der Waals surface area contributed by atoms with Crippen LogP contribution in [0, 0.1) is 23.2 Å². The fourth-order valence-electron chi connectivity index (χ4n) is 3.68. The lowest BCUT2D eigenvalue weighted by atomic mass is 9.95. The van der Waals surface area contributed by atoms with Crippen molar-refractivity contribution in [2.45, 2.75) is 34.1 Å². The van der Waals surface area contributed by atoms with E-state index in [0.717, 1.165) is 34.0 Å². The number of benzene rings is 2. The summed E-state index contributed by atoms with van der Waals surface area (Å²) in [5.41, 5.74) is 6.03. The highest BCUT2D eigenvalue weighted by atomic mass is 16.1. The summed E-state index contributed by atoms with van der Waals surface area (Å²) in [5, 5.41) is 27.0. The van der Waals surface area contributed by atoms with Crippen LogP contribution in [0.25, 0.3) is 11.1 Å². The molecule has 6 heteroatoms. The molecular weight excluding hydrogens is 458 g/mol. The second-order valence-corrected chi connectivity index (χ2v) is 8.58. The predicted octanol–water partition coefficient (Wildman–Crippen LogP) is 6.63. The molecule has 4 N–H and O–H groups in total. The van der Waals surface area contributed by atoms with E-state index in [-0.39, 0.29) is 18.0 Å². The molecule has 0 bridgehead atoms. The summed E-state index contributed by atoms with van der Waals surface area (Å²) in [6.07, 6.45) is 11.3. The average molecular weight is 494 g/mol. The number of carbonyl (C=O) groups is 1. The van der Waals surface area contributed by atoms with Gasteiger partial charge in [0.05, 0.1) is 0 Å². The van der Waals surface area contributed by atoms with Crippen LogP contribution in [0.2, 0.25) is 0 Å². The molecule has 190 valence electrons. The van der Waals surface area contributed by atoms with E-state index in [1.54, 1.807) is 18.2 Å². The van der Waals surface area contributed by atoms with E-state index in [0.29, 0.717) is 23.5 Å². The van der Waals surface area contributed by atoms with Crippen molar-refractivity contribution >= 4 is 29.9 Å². The third kappa shape index (κ3) is 8.93. The summed E-state index contributed by atoms with van der Waals surface area (Å²) in [6, 6.07) is 16.1. The zero-order valence-electron chi connectivity index (χ0n) is 21.9. The van der Waals surface area contributed by atoms with Gasteiger partial charge in [-0.05, 0) is 62.1 Å². The molecule has 0 spiro atoms. The Morgan fingerprint density at radius 2 is 1.76 bits per heavy atom. The van der Waals surface area contributed by atoms with Crippen LogP contribution >= 0.6 is 0 Å². The molecule has 0 heterocycles. The summed E-state index contributed by atoms with van der Waals surface area (Å²) in [5.74, 6) is 0.538. The Morgan fingerprint density at radius 3 is 2.38 bits per heavy atom. The van der Waals surface area contributed by atoms with Gasteiger partial charge in [-0.2, -0.15) is 0 Å². The first-order valence-electron chi connectivity index (χ1n) is 12.1. The molecule has 0 radical (unpaired) electrons. The summed E-state index contributed by atoms with van der Waals surface area (Å²) < 4.78 is 0. The van der Waals surface area contributed by atoms with Gasteiger partial charge in [0.15, 0.2) is 5.84 Å². The number of ketones is 1. The first-order valence-corrected chi connectivity index (χ1v) is 12.1. The third-order valence-electron chi connectivity index (χ3n) is 5.50. The van der Waals surface area contributed by atoms with Crippen LogP contribution < -0.4 is 5.32 Å². The molecule has 2 aromatic rings. The van der Waals surface area contributed by atoms with Gasteiger partial charge in [-0.1, -0.05) is 72.3 Å². The van der Waals surface area contributed by atoms with E-state index in [2.05, 4.69) is 5.32 Å². The highest BCUT2D eigenvalue weighted by molar-refractivity contribution is 6.14. The number of nitrogens with zero attached hydrogens (tertiary/aromatic N) is 1. The van der Waals surface area contributed by atoms with Gasteiger partial charge in [0.2, 0.25) is 0 Å². The Balaban J connectivity index is 2.62. The molecule has 0 aliphatic carbocycles. The van der Waals surface area contributed by atoms with Gasteiger partial charge in [-0.3, -0.25) is 10.2 Å². The van der Waals surface area contributed by atoms with E-state index in [4.69, 9.17) is 21.2 Å². The minimum atomic E-state index is -0.0469. The van der Waals surface area contributed by atoms with E-state index >= 15 is 0 Å².